The number of ketones is 1. The Morgan fingerprint density at radius 3 is 2.13 bits per heavy atom. The van der Waals surface area contributed by atoms with Gasteiger partial charge in [0, 0.05) is 12.1 Å². The first-order valence-electron chi connectivity index (χ1n) is 4.28. The number of carbonyl (C=O) groups is 1. The van der Waals surface area contributed by atoms with Crippen LogP contribution in [0.15, 0.2) is 12.1 Å². The van der Waals surface area contributed by atoms with Crippen LogP contribution >= 0.6 is 0 Å². The summed E-state index contributed by atoms with van der Waals surface area (Å²) in [6, 6.07) is 2.23. The lowest BCUT2D eigenvalue weighted by molar-refractivity contribution is 0.0995. The number of halogens is 1. The van der Waals surface area contributed by atoms with Gasteiger partial charge < -0.3 is 15.2 Å². The number of ether oxygens (including phenoxy) is 2. The molecule has 0 radical (unpaired) electrons. The molecule has 4 nitrogen and oxygen atoms in total. The van der Waals surface area contributed by atoms with Gasteiger partial charge in [-0.25, -0.2) is 4.39 Å². The Balaban J connectivity index is 3.36. The first kappa shape index (κ1) is 11.5. The minimum absolute atomic E-state index is 0.127. The number of rotatable bonds is 4. The fourth-order valence-corrected chi connectivity index (χ4v) is 1.26. The van der Waals surface area contributed by atoms with Crippen LogP contribution in [0.4, 0.5) is 4.39 Å². The summed E-state index contributed by atoms with van der Waals surface area (Å²) in [6.45, 7) is -0.182. The second-order valence-electron chi connectivity index (χ2n) is 2.81. The van der Waals surface area contributed by atoms with Crippen LogP contribution in [0.25, 0.3) is 0 Å². The molecule has 0 aromatic heterocycles. The van der Waals surface area contributed by atoms with Crippen molar-refractivity contribution in [3.8, 4) is 11.5 Å². The normalized spacial score (nSPS) is 9.87. The van der Waals surface area contributed by atoms with Gasteiger partial charge in [0.2, 0.25) is 0 Å². The van der Waals surface area contributed by atoms with E-state index in [0.717, 1.165) is 12.1 Å². The topological polar surface area (TPSA) is 61.5 Å². The summed E-state index contributed by atoms with van der Waals surface area (Å²) in [5.74, 6) is -0.634. The molecule has 0 saturated heterocycles. The summed E-state index contributed by atoms with van der Waals surface area (Å²) in [5, 5.41) is 0. The lowest BCUT2D eigenvalue weighted by Crippen LogP contribution is -2.16. The number of hydrogen-bond donors (Lipinski definition) is 1. The molecule has 1 rings (SSSR count). The molecule has 0 saturated carbocycles. The fourth-order valence-electron chi connectivity index (χ4n) is 1.26. The molecule has 0 aliphatic carbocycles. The monoisotopic (exact) mass is 213 g/mol. The summed E-state index contributed by atoms with van der Waals surface area (Å²) in [7, 11) is 2.70. The van der Waals surface area contributed by atoms with Gasteiger partial charge in [-0.1, -0.05) is 0 Å². The molecule has 0 heterocycles. The predicted molar refractivity (Wildman–Crippen MR) is 52.9 cm³/mol. The van der Waals surface area contributed by atoms with Crippen LogP contribution in [0.1, 0.15) is 10.4 Å². The van der Waals surface area contributed by atoms with Crippen LogP contribution in [0.3, 0.4) is 0 Å². The third-order valence-electron chi connectivity index (χ3n) is 1.93. The third kappa shape index (κ3) is 2.24. The SMILES string of the molecule is COc1cc(F)cc(OC)c1C(=O)CN. The van der Waals surface area contributed by atoms with Crippen LogP contribution < -0.4 is 15.2 Å². The van der Waals surface area contributed by atoms with E-state index in [0.29, 0.717) is 0 Å². The van der Waals surface area contributed by atoms with Crippen LogP contribution in [0, 0.1) is 5.82 Å². The van der Waals surface area contributed by atoms with Gasteiger partial charge in [-0.3, -0.25) is 4.79 Å². The highest BCUT2D eigenvalue weighted by molar-refractivity contribution is 6.02. The number of nitrogens with two attached hydrogens (primary N) is 1. The molecule has 5 heteroatoms. The number of carbonyl (C=O) groups excluding carboxylic acids is 1. The zero-order valence-corrected chi connectivity index (χ0v) is 8.54. The van der Waals surface area contributed by atoms with Crippen molar-refractivity contribution in [2.75, 3.05) is 20.8 Å². The molecule has 0 bridgehead atoms. The molecule has 1 aromatic carbocycles. The Bertz CT molecular complexity index is 354. The van der Waals surface area contributed by atoms with E-state index in [-0.39, 0.29) is 29.4 Å². The van der Waals surface area contributed by atoms with Crippen molar-refractivity contribution in [1.82, 2.24) is 0 Å². The minimum Gasteiger partial charge on any atom is -0.496 e. The maximum atomic E-state index is 13.0. The highest BCUT2D eigenvalue weighted by Crippen LogP contribution is 2.30. The Hall–Kier alpha value is -1.62. The molecule has 15 heavy (non-hydrogen) atoms. The maximum Gasteiger partial charge on any atom is 0.183 e. The molecule has 82 valence electrons. The zero-order valence-electron chi connectivity index (χ0n) is 8.54. The Labute approximate surface area is 86.8 Å². The van der Waals surface area contributed by atoms with Gasteiger partial charge in [-0.05, 0) is 0 Å². The highest BCUT2D eigenvalue weighted by atomic mass is 19.1. The van der Waals surface area contributed by atoms with Crippen LogP contribution in [-0.4, -0.2) is 26.5 Å². The molecule has 0 fully saturated rings. The average Bonchev–Trinajstić information content (AvgIpc) is 2.26. The van der Waals surface area contributed by atoms with E-state index >= 15 is 0 Å². The van der Waals surface area contributed by atoms with Crippen molar-refractivity contribution in [2.45, 2.75) is 0 Å². The van der Waals surface area contributed by atoms with E-state index in [1.54, 1.807) is 0 Å². The quantitative estimate of drug-likeness (QED) is 0.757. The highest BCUT2D eigenvalue weighted by Gasteiger charge is 2.18. The van der Waals surface area contributed by atoms with Crippen LogP contribution in [0.5, 0.6) is 11.5 Å². The van der Waals surface area contributed by atoms with E-state index in [1.165, 1.54) is 14.2 Å². The summed E-state index contributed by atoms with van der Waals surface area (Å²) in [4.78, 5) is 11.5. The van der Waals surface area contributed by atoms with Gasteiger partial charge in [0.15, 0.2) is 5.78 Å². The molecule has 0 amide bonds. The largest absolute Gasteiger partial charge is 0.496 e. The smallest absolute Gasteiger partial charge is 0.183 e. The molecule has 2 N–H and O–H groups in total. The Morgan fingerprint density at radius 2 is 1.80 bits per heavy atom. The summed E-state index contributed by atoms with van der Waals surface area (Å²) in [6.07, 6.45) is 0. The van der Waals surface area contributed by atoms with Crippen molar-refractivity contribution >= 4 is 5.78 Å². The van der Waals surface area contributed by atoms with Gasteiger partial charge in [0.1, 0.15) is 22.9 Å². The second-order valence-corrected chi connectivity index (χ2v) is 2.81. The average molecular weight is 213 g/mol. The summed E-state index contributed by atoms with van der Waals surface area (Å²) >= 11 is 0. The van der Waals surface area contributed by atoms with E-state index < -0.39 is 5.82 Å². The standard InChI is InChI=1S/C10H12FNO3/c1-14-8-3-6(11)4-9(15-2)10(8)7(13)5-12/h3-4H,5,12H2,1-2H3. The van der Waals surface area contributed by atoms with Gasteiger partial charge in [-0.2, -0.15) is 0 Å². The third-order valence-corrected chi connectivity index (χ3v) is 1.93. The first-order chi connectivity index (χ1) is 7.13. The van der Waals surface area contributed by atoms with Gasteiger partial charge in [0.25, 0.3) is 0 Å². The van der Waals surface area contributed by atoms with Crippen molar-refractivity contribution in [3.63, 3.8) is 0 Å². The lowest BCUT2D eigenvalue weighted by atomic mass is 10.1. The van der Waals surface area contributed by atoms with Gasteiger partial charge in [-0.15, -0.1) is 0 Å². The van der Waals surface area contributed by atoms with Crippen LogP contribution in [0.2, 0.25) is 0 Å². The molecule has 0 spiro atoms. The predicted octanol–water partition coefficient (Wildman–Crippen LogP) is 0.984. The first-order valence-corrected chi connectivity index (χ1v) is 4.28. The number of Topliss-reactive ketones (excluding diaryl/α,β-unsaturated/α-hetero) is 1. The molecule has 0 aliphatic rings. The maximum absolute atomic E-state index is 13.0. The van der Waals surface area contributed by atoms with Crippen molar-refractivity contribution in [1.29, 1.82) is 0 Å². The van der Waals surface area contributed by atoms with E-state index in [4.69, 9.17) is 15.2 Å². The Kier molecular flexibility index (Phi) is 3.62. The zero-order chi connectivity index (χ0) is 11.4. The molecule has 0 aliphatic heterocycles. The Morgan fingerprint density at radius 1 is 1.33 bits per heavy atom. The molecule has 0 atom stereocenters. The van der Waals surface area contributed by atoms with Crippen molar-refractivity contribution < 1.29 is 18.7 Å². The van der Waals surface area contributed by atoms with Crippen molar-refractivity contribution in [3.05, 3.63) is 23.5 Å². The summed E-state index contributed by atoms with van der Waals surface area (Å²) < 4.78 is 22.8. The van der Waals surface area contributed by atoms with Crippen LogP contribution in [-0.2, 0) is 0 Å². The fraction of sp³-hybridized carbons (Fsp3) is 0.300. The molecular weight excluding hydrogens is 201 g/mol. The van der Waals surface area contributed by atoms with Gasteiger partial charge in [0.05, 0.1) is 20.8 Å². The number of benzene rings is 1. The van der Waals surface area contributed by atoms with E-state index in [9.17, 15) is 9.18 Å². The summed E-state index contributed by atoms with van der Waals surface area (Å²) in [5.41, 5.74) is 5.41. The van der Waals surface area contributed by atoms with E-state index in [2.05, 4.69) is 0 Å². The molecule has 0 unspecified atom stereocenters. The van der Waals surface area contributed by atoms with Crippen molar-refractivity contribution in [2.24, 2.45) is 5.73 Å². The van der Waals surface area contributed by atoms with E-state index in [1.807, 2.05) is 0 Å². The van der Waals surface area contributed by atoms with Gasteiger partial charge >= 0.3 is 0 Å². The molecule has 1 aromatic rings. The second kappa shape index (κ2) is 4.75. The minimum atomic E-state index is -0.530. The molecular formula is C10H12FNO3. The lowest BCUT2D eigenvalue weighted by Gasteiger charge is -2.11. The number of hydrogen-bond acceptors (Lipinski definition) is 4. The number of methoxy groups -OCH3 is 2.